The first kappa shape index (κ1) is 14.5. The molecule has 1 aromatic rings. The number of rotatable bonds is 4. The molecular formula is C10H17N3O4S2. The highest BCUT2D eigenvalue weighted by Gasteiger charge is 2.28. The Morgan fingerprint density at radius 3 is 2.58 bits per heavy atom. The molecular weight excluding hydrogens is 290 g/mol. The third kappa shape index (κ3) is 3.54. The molecule has 2 heterocycles. The van der Waals surface area contributed by atoms with E-state index in [-0.39, 0.29) is 22.6 Å². The van der Waals surface area contributed by atoms with Crippen LogP contribution in [0.2, 0.25) is 0 Å². The molecule has 2 rings (SSSR count). The van der Waals surface area contributed by atoms with Crippen LogP contribution in [0.4, 0.5) is 0 Å². The van der Waals surface area contributed by atoms with E-state index in [1.165, 1.54) is 6.20 Å². The van der Waals surface area contributed by atoms with Crippen LogP contribution in [0.3, 0.4) is 0 Å². The van der Waals surface area contributed by atoms with Crippen LogP contribution in [0.1, 0.15) is 25.6 Å². The monoisotopic (exact) mass is 307 g/mol. The molecule has 108 valence electrons. The molecule has 19 heavy (non-hydrogen) atoms. The van der Waals surface area contributed by atoms with E-state index in [1.807, 2.05) is 6.92 Å². The van der Waals surface area contributed by atoms with Crippen LogP contribution >= 0.6 is 0 Å². The highest BCUT2D eigenvalue weighted by atomic mass is 32.2. The number of nitrogens with zero attached hydrogens (tertiary/aromatic N) is 1. The van der Waals surface area contributed by atoms with E-state index in [0.29, 0.717) is 25.1 Å². The second-order valence-corrected chi connectivity index (χ2v) is 8.58. The van der Waals surface area contributed by atoms with Gasteiger partial charge in [-0.1, -0.05) is 6.92 Å². The summed E-state index contributed by atoms with van der Waals surface area (Å²) in [6, 6.07) is -0.332. The topological polar surface area (TPSA) is 109 Å². The molecule has 1 fully saturated rings. The first-order valence-electron chi connectivity index (χ1n) is 6.09. The Morgan fingerprint density at radius 1 is 1.42 bits per heavy atom. The van der Waals surface area contributed by atoms with Gasteiger partial charge >= 0.3 is 0 Å². The van der Waals surface area contributed by atoms with Gasteiger partial charge in [-0.05, 0) is 12.8 Å². The molecule has 0 spiro atoms. The maximum Gasteiger partial charge on any atom is 0.257 e. The fraction of sp³-hybridized carbons (Fsp3) is 0.700. The van der Waals surface area contributed by atoms with Crippen LogP contribution in [0.5, 0.6) is 0 Å². The molecule has 0 amide bonds. The predicted molar refractivity (Wildman–Crippen MR) is 70.0 cm³/mol. The first-order chi connectivity index (χ1) is 8.82. The number of imidazole rings is 1. The normalized spacial score (nSPS) is 20.5. The lowest BCUT2D eigenvalue weighted by atomic mass is 10.2. The lowest BCUT2D eigenvalue weighted by Crippen LogP contribution is -2.40. The van der Waals surface area contributed by atoms with Crippen molar-refractivity contribution in [3.05, 3.63) is 12.0 Å². The van der Waals surface area contributed by atoms with Crippen LogP contribution in [0.15, 0.2) is 11.2 Å². The number of aromatic nitrogens is 2. The Kier molecular flexibility index (Phi) is 3.98. The number of sulfone groups is 1. The quantitative estimate of drug-likeness (QED) is 0.802. The number of aryl methyl sites for hydroxylation is 1. The van der Waals surface area contributed by atoms with Crippen molar-refractivity contribution in [3.8, 4) is 0 Å². The zero-order chi connectivity index (χ0) is 14.1. The largest absolute Gasteiger partial charge is 0.332 e. The summed E-state index contributed by atoms with van der Waals surface area (Å²) < 4.78 is 49.2. The third-order valence-electron chi connectivity index (χ3n) is 3.11. The van der Waals surface area contributed by atoms with Crippen molar-refractivity contribution < 1.29 is 16.8 Å². The molecule has 9 heteroatoms. The van der Waals surface area contributed by atoms with Crippen molar-refractivity contribution >= 4 is 19.9 Å². The Labute approximate surface area is 112 Å². The summed E-state index contributed by atoms with van der Waals surface area (Å²) in [5.74, 6) is 0.666. The second kappa shape index (κ2) is 5.22. The summed E-state index contributed by atoms with van der Waals surface area (Å²) in [6.45, 7) is 1.87. The second-order valence-electron chi connectivity index (χ2n) is 4.60. The van der Waals surface area contributed by atoms with Crippen LogP contribution in [-0.2, 0) is 26.3 Å². The van der Waals surface area contributed by atoms with Gasteiger partial charge in [0.2, 0.25) is 0 Å². The van der Waals surface area contributed by atoms with Crippen LogP contribution < -0.4 is 4.72 Å². The van der Waals surface area contributed by atoms with Crippen molar-refractivity contribution in [1.82, 2.24) is 14.7 Å². The van der Waals surface area contributed by atoms with Crippen molar-refractivity contribution in [2.75, 3.05) is 11.5 Å². The van der Waals surface area contributed by atoms with Crippen molar-refractivity contribution in [2.24, 2.45) is 0 Å². The fourth-order valence-corrected chi connectivity index (χ4v) is 4.69. The number of aromatic amines is 1. The van der Waals surface area contributed by atoms with Gasteiger partial charge in [-0.25, -0.2) is 26.5 Å². The van der Waals surface area contributed by atoms with E-state index >= 15 is 0 Å². The van der Waals surface area contributed by atoms with E-state index in [0.717, 1.165) is 0 Å². The Hall–Kier alpha value is -0.930. The van der Waals surface area contributed by atoms with E-state index in [2.05, 4.69) is 14.7 Å². The molecule has 0 bridgehead atoms. The molecule has 0 radical (unpaired) electrons. The minimum absolute atomic E-state index is 0.0257. The summed E-state index contributed by atoms with van der Waals surface area (Å²) in [5.41, 5.74) is 0. The summed E-state index contributed by atoms with van der Waals surface area (Å²) in [7, 11) is -6.64. The van der Waals surface area contributed by atoms with Gasteiger partial charge in [-0.2, -0.15) is 0 Å². The number of sulfonamides is 1. The van der Waals surface area contributed by atoms with Crippen LogP contribution in [-0.4, -0.2) is 44.4 Å². The van der Waals surface area contributed by atoms with Gasteiger partial charge in [0.25, 0.3) is 10.0 Å². The van der Waals surface area contributed by atoms with E-state index in [9.17, 15) is 16.8 Å². The van der Waals surface area contributed by atoms with Gasteiger partial charge in [0.1, 0.15) is 15.7 Å². The fourth-order valence-electron chi connectivity index (χ4n) is 1.95. The molecule has 0 atom stereocenters. The lowest BCUT2D eigenvalue weighted by molar-refractivity contribution is 0.504. The van der Waals surface area contributed by atoms with Gasteiger partial charge in [-0.3, -0.25) is 0 Å². The van der Waals surface area contributed by atoms with Crippen LogP contribution in [0, 0.1) is 0 Å². The lowest BCUT2D eigenvalue weighted by Gasteiger charge is -2.22. The van der Waals surface area contributed by atoms with Gasteiger partial charge in [0.15, 0.2) is 5.03 Å². The van der Waals surface area contributed by atoms with Gasteiger partial charge in [0, 0.05) is 12.5 Å². The first-order valence-corrected chi connectivity index (χ1v) is 9.39. The maximum absolute atomic E-state index is 12.1. The smallest absolute Gasteiger partial charge is 0.257 e. The number of nitrogens with one attached hydrogen (secondary N) is 2. The predicted octanol–water partition coefficient (Wildman–Crippen LogP) is -0.172. The van der Waals surface area contributed by atoms with E-state index in [4.69, 9.17) is 0 Å². The Balaban J connectivity index is 2.06. The molecule has 7 nitrogen and oxygen atoms in total. The minimum Gasteiger partial charge on any atom is -0.332 e. The molecule has 1 saturated heterocycles. The maximum atomic E-state index is 12.1. The standard InChI is InChI=1S/C10H17N3O4S2/c1-2-9-11-7-10(12-9)19(16,17)13-8-3-5-18(14,15)6-4-8/h7-8,13H,2-6H2,1H3,(H,11,12). The number of hydrogen-bond acceptors (Lipinski definition) is 5. The van der Waals surface area contributed by atoms with Gasteiger partial charge in [0.05, 0.1) is 17.7 Å². The SMILES string of the molecule is CCc1ncc(S(=O)(=O)NC2CCS(=O)(=O)CC2)[nH]1. The molecule has 2 N–H and O–H groups in total. The summed E-state index contributed by atoms with van der Waals surface area (Å²) >= 11 is 0. The molecule has 1 aliphatic rings. The Bertz CT molecular complexity index is 634. The molecule has 0 saturated carbocycles. The molecule has 1 aliphatic heterocycles. The zero-order valence-electron chi connectivity index (χ0n) is 10.6. The summed E-state index contributed by atoms with van der Waals surface area (Å²) in [4.78, 5) is 6.68. The van der Waals surface area contributed by atoms with Gasteiger partial charge in [-0.15, -0.1) is 0 Å². The third-order valence-corrected chi connectivity index (χ3v) is 6.25. The van der Waals surface area contributed by atoms with Crippen molar-refractivity contribution in [1.29, 1.82) is 0 Å². The van der Waals surface area contributed by atoms with Crippen molar-refractivity contribution in [2.45, 2.75) is 37.3 Å². The summed E-state index contributed by atoms with van der Waals surface area (Å²) in [5, 5.41) is 0.0257. The highest BCUT2D eigenvalue weighted by Crippen LogP contribution is 2.15. The molecule has 0 aromatic carbocycles. The number of H-pyrrole nitrogens is 1. The van der Waals surface area contributed by atoms with E-state index in [1.54, 1.807) is 0 Å². The minimum atomic E-state index is -3.65. The van der Waals surface area contributed by atoms with Gasteiger partial charge < -0.3 is 4.98 Å². The van der Waals surface area contributed by atoms with Crippen molar-refractivity contribution in [3.63, 3.8) is 0 Å². The highest BCUT2D eigenvalue weighted by molar-refractivity contribution is 7.91. The Morgan fingerprint density at radius 2 is 2.05 bits per heavy atom. The number of hydrogen-bond donors (Lipinski definition) is 2. The van der Waals surface area contributed by atoms with Crippen LogP contribution in [0.25, 0.3) is 0 Å². The van der Waals surface area contributed by atoms with E-state index < -0.39 is 19.9 Å². The average Bonchev–Trinajstić information content (AvgIpc) is 2.81. The summed E-state index contributed by atoms with van der Waals surface area (Å²) in [6.07, 6.45) is 2.53. The average molecular weight is 307 g/mol. The molecule has 0 aliphatic carbocycles. The zero-order valence-corrected chi connectivity index (χ0v) is 12.2. The molecule has 1 aromatic heterocycles. The molecule has 0 unspecified atom stereocenters.